The Bertz CT molecular complexity index is 1030. The van der Waals surface area contributed by atoms with Crippen LogP contribution in [0, 0.1) is 0 Å². The minimum absolute atomic E-state index is 0.0610. The lowest BCUT2D eigenvalue weighted by Gasteiger charge is -2.21. The Morgan fingerprint density at radius 2 is 1.60 bits per heavy atom. The number of carbonyl (C=O) groups excluding carboxylic acids is 2. The van der Waals surface area contributed by atoms with E-state index in [2.05, 4.69) is 5.32 Å². The van der Waals surface area contributed by atoms with E-state index in [0.29, 0.717) is 0 Å². The van der Waals surface area contributed by atoms with E-state index in [-0.39, 0.29) is 25.7 Å². The third-order valence-corrected chi connectivity index (χ3v) is 5.51. The van der Waals surface area contributed by atoms with Gasteiger partial charge in [-0.15, -0.1) is 0 Å². The second kappa shape index (κ2) is 11.2. The van der Waals surface area contributed by atoms with Crippen LogP contribution in [-0.4, -0.2) is 61.2 Å². The summed E-state index contributed by atoms with van der Waals surface area (Å²) in [5.74, 6) is -3.56. The molecule has 35 heavy (non-hydrogen) atoms. The molecular weight excluding hydrogens is 469 g/mol. The van der Waals surface area contributed by atoms with E-state index in [4.69, 9.17) is 14.6 Å². The fourth-order valence-corrected chi connectivity index (χ4v) is 3.98. The molecule has 188 valence electrons. The van der Waals surface area contributed by atoms with Crippen LogP contribution in [0.4, 0.5) is 18.0 Å². The summed E-state index contributed by atoms with van der Waals surface area (Å²) in [5, 5.41) is 12.6. The maximum Gasteiger partial charge on any atom is 0.419 e. The largest absolute Gasteiger partial charge is 0.479 e. The van der Waals surface area contributed by atoms with Crippen molar-refractivity contribution in [3.8, 4) is 11.1 Å². The highest BCUT2D eigenvalue weighted by Crippen LogP contribution is 2.44. The molecule has 2 aromatic carbocycles. The minimum atomic E-state index is -5.15. The first-order valence-corrected chi connectivity index (χ1v) is 10.9. The van der Waals surface area contributed by atoms with Gasteiger partial charge in [-0.3, -0.25) is 4.79 Å². The van der Waals surface area contributed by atoms with Gasteiger partial charge in [-0.25, -0.2) is 9.59 Å². The summed E-state index contributed by atoms with van der Waals surface area (Å²) < 4.78 is 49.0. The zero-order valence-electron chi connectivity index (χ0n) is 18.8. The minimum Gasteiger partial charge on any atom is -0.479 e. The van der Waals surface area contributed by atoms with Crippen LogP contribution in [-0.2, 0) is 19.1 Å². The van der Waals surface area contributed by atoms with Crippen LogP contribution in [0.3, 0.4) is 0 Å². The summed E-state index contributed by atoms with van der Waals surface area (Å²) in [5.41, 5.74) is 4.20. The second-order valence-corrected chi connectivity index (χ2v) is 7.87. The van der Waals surface area contributed by atoms with Crippen molar-refractivity contribution >= 4 is 18.0 Å². The van der Waals surface area contributed by atoms with Gasteiger partial charge >= 0.3 is 18.2 Å². The molecule has 0 saturated carbocycles. The normalized spacial score (nSPS) is 14.4. The SMILES string of the molecule is CCOC(CNC(=O)OCC1c2ccccc2-c2ccccc21)CC(=O)NC(C(=O)O)C(F)(F)F. The molecule has 1 aliphatic carbocycles. The molecule has 0 radical (unpaired) electrons. The first-order valence-electron chi connectivity index (χ1n) is 10.9. The molecule has 2 aromatic rings. The molecule has 0 bridgehead atoms. The van der Waals surface area contributed by atoms with Crippen LogP contribution in [0.25, 0.3) is 11.1 Å². The molecule has 2 atom stereocenters. The average Bonchev–Trinajstić information content (AvgIpc) is 3.12. The maximum absolute atomic E-state index is 12.8. The number of carboxylic acids is 1. The highest BCUT2D eigenvalue weighted by molar-refractivity contribution is 5.84. The highest BCUT2D eigenvalue weighted by Gasteiger charge is 2.46. The molecule has 0 aromatic heterocycles. The van der Waals surface area contributed by atoms with Gasteiger partial charge in [0.1, 0.15) is 6.61 Å². The quantitative estimate of drug-likeness (QED) is 0.466. The molecule has 1 aliphatic rings. The Kier molecular flexibility index (Phi) is 8.34. The van der Waals surface area contributed by atoms with Gasteiger partial charge < -0.3 is 25.2 Å². The van der Waals surface area contributed by atoms with Crippen molar-refractivity contribution < 1.29 is 42.1 Å². The summed E-state index contributed by atoms with van der Waals surface area (Å²) in [6.07, 6.45) is -7.50. The van der Waals surface area contributed by atoms with Gasteiger partial charge in [0, 0.05) is 19.1 Å². The molecule has 0 aliphatic heterocycles. The standard InChI is InChI=1S/C24H25F3N2O6/c1-2-34-14(11-20(30)29-21(22(31)32)24(25,26)27)12-28-23(33)35-13-19-17-9-5-3-7-15(17)16-8-4-6-10-18(16)19/h3-10,14,19,21H,2,11-13H2,1H3,(H,28,33)(H,29,30)(H,31,32). The number of aliphatic carboxylic acids is 1. The lowest BCUT2D eigenvalue weighted by atomic mass is 9.98. The Balaban J connectivity index is 1.54. The highest BCUT2D eigenvalue weighted by atomic mass is 19.4. The second-order valence-electron chi connectivity index (χ2n) is 7.87. The summed E-state index contributed by atoms with van der Waals surface area (Å²) in [4.78, 5) is 35.1. The number of alkyl carbamates (subject to hydrolysis) is 1. The fraction of sp³-hybridized carbons (Fsp3) is 0.375. The number of halogens is 3. The van der Waals surface area contributed by atoms with Crippen LogP contribution in [0.1, 0.15) is 30.4 Å². The number of ether oxygens (including phenoxy) is 2. The van der Waals surface area contributed by atoms with Gasteiger partial charge in [-0.2, -0.15) is 13.2 Å². The van der Waals surface area contributed by atoms with Gasteiger partial charge in [0.25, 0.3) is 0 Å². The van der Waals surface area contributed by atoms with Gasteiger partial charge in [-0.05, 0) is 29.2 Å². The smallest absolute Gasteiger partial charge is 0.419 e. The van der Waals surface area contributed by atoms with Gasteiger partial charge in [-0.1, -0.05) is 48.5 Å². The van der Waals surface area contributed by atoms with Gasteiger partial charge in [0.2, 0.25) is 11.9 Å². The topological polar surface area (TPSA) is 114 Å². The van der Waals surface area contributed by atoms with Crippen molar-refractivity contribution in [2.75, 3.05) is 19.8 Å². The zero-order valence-corrected chi connectivity index (χ0v) is 18.8. The van der Waals surface area contributed by atoms with Crippen LogP contribution in [0.2, 0.25) is 0 Å². The molecule has 2 amide bonds. The van der Waals surface area contributed by atoms with E-state index < -0.39 is 42.7 Å². The maximum atomic E-state index is 12.8. The molecule has 3 N–H and O–H groups in total. The monoisotopic (exact) mass is 494 g/mol. The van der Waals surface area contributed by atoms with Crippen molar-refractivity contribution in [3.63, 3.8) is 0 Å². The zero-order chi connectivity index (χ0) is 25.6. The van der Waals surface area contributed by atoms with Gasteiger partial charge in [0.15, 0.2) is 0 Å². The molecule has 3 rings (SSSR count). The number of amides is 2. The van der Waals surface area contributed by atoms with E-state index in [1.807, 2.05) is 48.5 Å². The third kappa shape index (κ3) is 6.50. The number of rotatable bonds is 10. The lowest BCUT2D eigenvalue weighted by molar-refractivity contribution is -0.182. The van der Waals surface area contributed by atoms with E-state index in [1.165, 1.54) is 5.32 Å². The predicted molar refractivity (Wildman–Crippen MR) is 119 cm³/mol. The van der Waals surface area contributed by atoms with Gasteiger partial charge in [0.05, 0.1) is 12.5 Å². The molecule has 0 spiro atoms. The average molecular weight is 494 g/mol. The summed E-state index contributed by atoms with van der Waals surface area (Å²) in [6.45, 7) is 1.56. The van der Waals surface area contributed by atoms with E-state index in [1.54, 1.807) is 6.92 Å². The van der Waals surface area contributed by atoms with Crippen LogP contribution in [0.15, 0.2) is 48.5 Å². The third-order valence-electron chi connectivity index (χ3n) is 5.51. The van der Waals surface area contributed by atoms with Crippen molar-refractivity contribution in [2.24, 2.45) is 0 Å². The number of hydrogen-bond donors (Lipinski definition) is 3. The lowest BCUT2D eigenvalue weighted by Crippen LogP contribution is -2.51. The van der Waals surface area contributed by atoms with Crippen molar-refractivity contribution in [1.29, 1.82) is 0 Å². The Morgan fingerprint density at radius 3 is 2.11 bits per heavy atom. The number of fused-ring (bicyclic) bond motifs is 3. The summed E-state index contributed by atoms with van der Waals surface area (Å²) in [7, 11) is 0. The van der Waals surface area contributed by atoms with E-state index in [9.17, 15) is 27.6 Å². The molecule has 0 fully saturated rings. The Morgan fingerprint density at radius 1 is 1.03 bits per heavy atom. The number of nitrogens with one attached hydrogen (secondary N) is 2. The fourth-order valence-electron chi connectivity index (χ4n) is 3.98. The first kappa shape index (κ1) is 26.0. The number of carboxylic acid groups (broad SMARTS) is 1. The Hall–Kier alpha value is -3.60. The molecule has 8 nitrogen and oxygen atoms in total. The van der Waals surface area contributed by atoms with E-state index >= 15 is 0 Å². The number of hydrogen-bond acceptors (Lipinski definition) is 5. The molecule has 2 unspecified atom stereocenters. The van der Waals surface area contributed by atoms with Crippen molar-refractivity contribution in [1.82, 2.24) is 10.6 Å². The molecule has 0 heterocycles. The molecular formula is C24H25F3N2O6. The van der Waals surface area contributed by atoms with Crippen LogP contribution < -0.4 is 10.6 Å². The molecule has 11 heteroatoms. The summed E-state index contributed by atoms with van der Waals surface area (Å²) in [6, 6.07) is 12.6. The van der Waals surface area contributed by atoms with Crippen molar-refractivity contribution in [3.05, 3.63) is 59.7 Å². The molecule has 0 saturated heterocycles. The number of carbonyl (C=O) groups is 3. The number of alkyl halides is 3. The first-order chi connectivity index (χ1) is 16.6. The Labute approximate surface area is 199 Å². The van der Waals surface area contributed by atoms with Crippen molar-refractivity contribution in [2.45, 2.75) is 37.6 Å². The predicted octanol–water partition coefficient (Wildman–Crippen LogP) is 3.45. The van der Waals surface area contributed by atoms with Crippen LogP contribution in [0.5, 0.6) is 0 Å². The van der Waals surface area contributed by atoms with Crippen LogP contribution >= 0.6 is 0 Å². The van der Waals surface area contributed by atoms with E-state index in [0.717, 1.165) is 22.3 Å². The summed E-state index contributed by atoms with van der Waals surface area (Å²) >= 11 is 0. The number of benzene rings is 2.